The Bertz CT molecular complexity index is 526. The largest absolute Gasteiger partial charge is 0.271 e. The third-order valence-electron chi connectivity index (χ3n) is 3.54. The summed E-state index contributed by atoms with van der Waals surface area (Å²) in [6.45, 7) is 6.66. The Morgan fingerprint density at radius 3 is 2.35 bits per heavy atom. The van der Waals surface area contributed by atoms with Crippen LogP contribution in [0.1, 0.15) is 43.5 Å². The number of hydrazine groups is 1. The molecule has 3 heteroatoms. The van der Waals surface area contributed by atoms with E-state index < -0.39 is 0 Å². The lowest BCUT2D eigenvalue weighted by Crippen LogP contribution is -2.29. The zero-order chi connectivity index (χ0) is 14.6. The fourth-order valence-corrected chi connectivity index (χ4v) is 2.24. The van der Waals surface area contributed by atoms with Gasteiger partial charge in [-0.1, -0.05) is 51.1 Å². The Morgan fingerprint density at radius 1 is 1.15 bits per heavy atom. The van der Waals surface area contributed by atoms with Gasteiger partial charge in [0.1, 0.15) is 0 Å². The highest BCUT2D eigenvalue weighted by atomic mass is 15.2. The number of hydrogen-bond donors (Lipinski definition) is 2. The molecule has 3 N–H and O–H groups in total. The number of nitrogens with one attached hydrogen (secondary N) is 1. The second-order valence-corrected chi connectivity index (χ2v) is 6.16. The van der Waals surface area contributed by atoms with Crippen LogP contribution in [-0.4, -0.2) is 4.98 Å². The summed E-state index contributed by atoms with van der Waals surface area (Å²) in [6, 6.07) is 12.8. The van der Waals surface area contributed by atoms with Gasteiger partial charge in [0.15, 0.2) is 0 Å². The average Bonchev–Trinajstić information content (AvgIpc) is 2.45. The van der Waals surface area contributed by atoms with Crippen LogP contribution in [0, 0.1) is 0 Å². The van der Waals surface area contributed by atoms with E-state index in [0.717, 1.165) is 6.42 Å². The van der Waals surface area contributed by atoms with Gasteiger partial charge in [-0.3, -0.25) is 16.3 Å². The van der Waals surface area contributed by atoms with Crippen molar-refractivity contribution in [2.45, 2.75) is 38.6 Å². The summed E-state index contributed by atoms with van der Waals surface area (Å²) in [4.78, 5) is 4.14. The molecule has 0 aliphatic rings. The molecular weight excluding hydrogens is 246 g/mol. The zero-order valence-corrected chi connectivity index (χ0v) is 12.4. The first-order valence-corrected chi connectivity index (χ1v) is 6.96. The van der Waals surface area contributed by atoms with E-state index in [9.17, 15) is 0 Å². The highest BCUT2D eigenvalue weighted by Crippen LogP contribution is 2.24. The molecule has 0 aliphatic heterocycles. The monoisotopic (exact) mass is 269 g/mol. The van der Waals surface area contributed by atoms with E-state index in [0.29, 0.717) is 0 Å². The first-order chi connectivity index (χ1) is 9.50. The molecule has 0 saturated carbocycles. The van der Waals surface area contributed by atoms with Crippen LogP contribution in [0.2, 0.25) is 0 Å². The summed E-state index contributed by atoms with van der Waals surface area (Å²) in [5.41, 5.74) is 6.78. The molecule has 0 radical (unpaired) electrons. The maximum atomic E-state index is 5.71. The van der Waals surface area contributed by atoms with Crippen molar-refractivity contribution < 1.29 is 0 Å². The van der Waals surface area contributed by atoms with Crippen molar-refractivity contribution in [2.75, 3.05) is 0 Å². The fraction of sp³-hybridized carbons (Fsp3) is 0.353. The number of rotatable bonds is 4. The fourth-order valence-electron chi connectivity index (χ4n) is 2.24. The zero-order valence-electron chi connectivity index (χ0n) is 12.4. The molecule has 1 atom stereocenters. The molecule has 1 aromatic carbocycles. The first kappa shape index (κ1) is 14.7. The minimum absolute atomic E-state index is 0.105. The van der Waals surface area contributed by atoms with Gasteiger partial charge in [0.2, 0.25) is 0 Å². The third-order valence-corrected chi connectivity index (χ3v) is 3.54. The van der Waals surface area contributed by atoms with Crippen molar-refractivity contribution >= 4 is 0 Å². The van der Waals surface area contributed by atoms with E-state index in [1.807, 2.05) is 12.3 Å². The molecule has 2 aromatic rings. The van der Waals surface area contributed by atoms with Crippen LogP contribution in [0.4, 0.5) is 0 Å². The first-order valence-electron chi connectivity index (χ1n) is 6.96. The number of hydrogen-bond acceptors (Lipinski definition) is 3. The summed E-state index contributed by atoms with van der Waals surface area (Å²) < 4.78 is 0. The van der Waals surface area contributed by atoms with Crippen LogP contribution >= 0.6 is 0 Å². The number of pyridine rings is 1. The minimum Gasteiger partial charge on any atom is -0.271 e. The molecule has 2 rings (SSSR count). The molecule has 0 saturated heterocycles. The normalized spacial score (nSPS) is 13.2. The van der Waals surface area contributed by atoms with Crippen molar-refractivity contribution in [3.05, 3.63) is 65.5 Å². The van der Waals surface area contributed by atoms with E-state index in [-0.39, 0.29) is 11.5 Å². The number of nitrogens with zero attached hydrogens (tertiary/aromatic N) is 1. The Morgan fingerprint density at radius 2 is 1.85 bits per heavy atom. The number of benzene rings is 1. The summed E-state index contributed by atoms with van der Waals surface area (Å²) in [7, 11) is 0. The van der Waals surface area contributed by atoms with Crippen LogP contribution in [0.15, 0.2) is 48.8 Å². The molecule has 20 heavy (non-hydrogen) atoms. The SMILES string of the molecule is CC(C)(C)c1ccc(C(Cc2cccnc2)NN)cc1. The number of nitrogens with two attached hydrogens (primary N) is 1. The second-order valence-electron chi connectivity index (χ2n) is 6.16. The average molecular weight is 269 g/mol. The lowest BCUT2D eigenvalue weighted by Gasteiger charge is -2.21. The molecule has 0 fully saturated rings. The lowest BCUT2D eigenvalue weighted by atomic mass is 9.86. The van der Waals surface area contributed by atoms with E-state index in [1.54, 1.807) is 6.20 Å². The van der Waals surface area contributed by atoms with Crippen LogP contribution in [-0.2, 0) is 11.8 Å². The molecule has 1 aromatic heterocycles. The predicted octanol–water partition coefficient (Wildman–Crippen LogP) is 3.13. The van der Waals surface area contributed by atoms with Crippen LogP contribution in [0.3, 0.4) is 0 Å². The van der Waals surface area contributed by atoms with Gasteiger partial charge >= 0.3 is 0 Å². The van der Waals surface area contributed by atoms with Crippen molar-refractivity contribution in [3.8, 4) is 0 Å². The van der Waals surface area contributed by atoms with Gasteiger partial charge in [0.25, 0.3) is 0 Å². The predicted molar refractivity (Wildman–Crippen MR) is 83.1 cm³/mol. The molecule has 0 bridgehead atoms. The van der Waals surface area contributed by atoms with Crippen LogP contribution in [0.25, 0.3) is 0 Å². The molecule has 0 aliphatic carbocycles. The Kier molecular flexibility index (Phi) is 4.53. The molecule has 1 unspecified atom stereocenters. The van der Waals surface area contributed by atoms with Crippen molar-refractivity contribution in [2.24, 2.45) is 5.84 Å². The molecular formula is C17H23N3. The third kappa shape index (κ3) is 3.65. The summed E-state index contributed by atoms with van der Waals surface area (Å²) >= 11 is 0. The van der Waals surface area contributed by atoms with Crippen molar-refractivity contribution in [1.29, 1.82) is 0 Å². The Balaban J connectivity index is 2.16. The van der Waals surface area contributed by atoms with E-state index in [1.165, 1.54) is 16.7 Å². The van der Waals surface area contributed by atoms with Gasteiger partial charge in [-0.05, 0) is 34.6 Å². The van der Waals surface area contributed by atoms with Gasteiger partial charge in [0, 0.05) is 12.4 Å². The summed E-state index contributed by atoms with van der Waals surface area (Å²) in [5, 5.41) is 0. The minimum atomic E-state index is 0.105. The Hall–Kier alpha value is -1.71. The van der Waals surface area contributed by atoms with Gasteiger partial charge in [0.05, 0.1) is 6.04 Å². The summed E-state index contributed by atoms with van der Waals surface area (Å²) in [5.74, 6) is 5.71. The van der Waals surface area contributed by atoms with Crippen molar-refractivity contribution in [1.82, 2.24) is 10.4 Å². The van der Waals surface area contributed by atoms with E-state index in [2.05, 4.69) is 61.5 Å². The maximum Gasteiger partial charge on any atom is 0.0500 e. The highest BCUT2D eigenvalue weighted by Gasteiger charge is 2.15. The molecule has 1 heterocycles. The lowest BCUT2D eigenvalue weighted by molar-refractivity contribution is 0.548. The quantitative estimate of drug-likeness (QED) is 0.662. The highest BCUT2D eigenvalue weighted by molar-refractivity contribution is 5.30. The molecule has 0 spiro atoms. The van der Waals surface area contributed by atoms with Gasteiger partial charge in [-0.15, -0.1) is 0 Å². The van der Waals surface area contributed by atoms with Crippen LogP contribution in [0.5, 0.6) is 0 Å². The molecule has 0 amide bonds. The van der Waals surface area contributed by atoms with E-state index >= 15 is 0 Å². The smallest absolute Gasteiger partial charge is 0.0500 e. The topological polar surface area (TPSA) is 50.9 Å². The standard InChI is InChI=1S/C17H23N3/c1-17(2,3)15-8-6-14(7-9-15)16(20-18)11-13-5-4-10-19-12-13/h4-10,12,16,20H,11,18H2,1-3H3. The van der Waals surface area contributed by atoms with Crippen LogP contribution < -0.4 is 11.3 Å². The van der Waals surface area contributed by atoms with Gasteiger partial charge in [-0.2, -0.15) is 0 Å². The van der Waals surface area contributed by atoms with E-state index in [4.69, 9.17) is 5.84 Å². The number of aromatic nitrogens is 1. The van der Waals surface area contributed by atoms with Crippen molar-refractivity contribution in [3.63, 3.8) is 0 Å². The molecule has 3 nitrogen and oxygen atoms in total. The van der Waals surface area contributed by atoms with Gasteiger partial charge < -0.3 is 0 Å². The summed E-state index contributed by atoms with van der Waals surface area (Å²) in [6.07, 6.45) is 4.50. The Labute approximate surface area is 121 Å². The second kappa shape index (κ2) is 6.16. The maximum absolute atomic E-state index is 5.71. The van der Waals surface area contributed by atoms with Gasteiger partial charge in [-0.25, -0.2) is 0 Å². The molecule has 106 valence electrons.